The number of hydrogen-bond donors (Lipinski definition) is 0. The van der Waals surface area contributed by atoms with Gasteiger partial charge in [-0.05, 0) is 35.1 Å². The molecule has 2 aromatic carbocycles. The van der Waals surface area contributed by atoms with Gasteiger partial charge in [-0.2, -0.15) is 0 Å². The quantitative estimate of drug-likeness (QED) is 0.823. The molecule has 1 atom stereocenters. The summed E-state index contributed by atoms with van der Waals surface area (Å²) < 4.78 is 5.80. The standard InChI is InChI=1S/C20H23NO/c1-20(2,3)17-11-9-16(10-12-17)19-21-18(14-22-19)13-15-7-5-4-6-8-15/h4-12,18H,13-14H2,1-3H3. The van der Waals surface area contributed by atoms with Crippen LogP contribution in [0.25, 0.3) is 0 Å². The first kappa shape index (κ1) is 14.8. The minimum Gasteiger partial charge on any atom is -0.475 e. The summed E-state index contributed by atoms with van der Waals surface area (Å²) in [5.74, 6) is 0.779. The van der Waals surface area contributed by atoms with E-state index in [-0.39, 0.29) is 11.5 Å². The highest BCUT2D eigenvalue weighted by molar-refractivity contribution is 5.95. The second-order valence-electron chi connectivity index (χ2n) is 6.92. The molecule has 2 heteroatoms. The van der Waals surface area contributed by atoms with Crippen LogP contribution in [0.3, 0.4) is 0 Å². The Labute approximate surface area is 132 Å². The Morgan fingerprint density at radius 1 is 1.00 bits per heavy atom. The minimum atomic E-state index is 0.173. The van der Waals surface area contributed by atoms with Crippen molar-refractivity contribution >= 4 is 5.90 Å². The second-order valence-corrected chi connectivity index (χ2v) is 6.92. The molecule has 0 radical (unpaired) electrons. The molecule has 0 fully saturated rings. The summed E-state index contributed by atoms with van der Waals surface area (Å²) >= 11 is 0. The van der Waals surface area contributed by atoms with E-state index in [0.717, 1.165) is 17.9 Å². The van der Waals surface area contributed by atoms with Crippen molar-refractivity contribution in [3.8, 4) is 0 Å². The van der Waals surface area contributed by atoms with Crippen LogP contribution in [0.15, 0.2) is 59.6 Å². The average Bonchev–Trinajstić information content (AvgIpc) is 2.96. The van der Waals surface area contributed by atoms with Gasteiger partial charge in [-0.15, -0.1) is 0 Å². The van der Waals surface area contributed by atoms with Gasteiger partial charge in [-0.25, -0.2) is 4.99 Å². The third-order valence-electron chi connectivity index (χ3n) is 4.02. The smallest absolute Gasteiger partial charge is 0.216 e. The zero-order valence-electron chi connectivity index (χ0n) is 13.5. The van der Waals surface area contributed by atoms with Crippen molar-refractivity contribution in [1.29, 1.82) is 0 Å². The summed E-state index contributed by atoms with van der Waals surface area (Å²) in [6.07, 6.45) is 0.935. The van der Waals surface area contributed by atoms with Gasteiger partial charge in [-0.1, -0.05) is 63.2 Å². The lowest BCUT2D eigenvalue weighted by Gasteiger charge is -2.19. The molecule has 22 heavy (non-hydrogen) atoms. The van der Waals surface area contributed by atoms with Crippen LogP contribution >= 0.6 is 0 Å². The van der Waals surface area contributed by atoms with Crippen LogP contribution < -0.4 is 0 Å². The van der Waals surface area contributed by atoms with E-state index in [1.54, 1.807) is 0 Å². The van der Waals surface area contributed by atoms with Crippen LogP contribution in [0.5, 0.6) is 0 Å². The van der Waals surface area contributed by atoms with E-state index < -0.39 is 0 Å². The fraction of sp³-hybridized carbons (Fsp3) is 0.350. The van der Waals surface area contributed by atoms with Crippen molar-refractivity contribution in [3.63, 3.8) is 0 Å². The zero-order chi connectivity index (χ0) is 15.6. The number of ether oxygens (including phenoxy) is 1. The lowest BCUT2D eigenvalue weighted by molar-refractivity contribution is 0.317. The molecule has 114 valence electrons. The van der Waals surface area contributed by atoms with E-state index in [0.29, 0.717) is 6.61 Å². The van der Waals surface area contributed by atoms with Crippen molar-refractivity contribution in [1.82, 2.24) is 0 Å². The molecule has 1 unspecified atom stereocenters. The molecule has 1 aliphatic rings. The van der Waals surface area contributed by atoms with E-state index in [4.69, 9.17) is 9.73 Å². The van der Waals surface area contributed by atoms with Gasteiger partial charge in [0.25, 0.3) is 0 Å². The summed E-state index contributed by atoms with van der Waals surface area (Å²) in [7, 11) is 0. The maximum Gasteiger partial charge on any atom is 0.216 e. The highest BCUT2D eigenvalue weighted by atomic mass is 16.5. The van der Waals surface area contributed by atoms with Crippen LogP contribution in [0.1, 0.15) is 37.5 Å². The number of hydrogen-bond acceptors (Lipinski definition) is 2. The Balaban J connectivity index is 1.72. The Bertz CT molecular complexity index is 650. The monoisotopic (exact) mass is 293 g/mol. The minimum absolute atomic E-state index is 0.173. The SMILES string of the molecule is CC(C)(C)c1ccc(C2=NC(Cc3ccccc3)CO2)cc1. The summed E-state index contributed by atoms with van der Waals surface area (Å²) in [6.45, 7) is 7.34. The van der Waals surface area contributed by atoms with Crippen LogP contribution in [-0.2, 0) is 16.6 Å². The molecule has 0 N–H and O–H groups in total. The molecule has 0 aliphatic carbocycles. The Kier molecular flexibility index (Phi) is 4.02. The summed E-state index contributed by atoms with van der Waals surface area (Å²) in [5, 5.41) is 0. The lowest BCUT2D eigenvalue weighted by atomic mass is 9.87. The Morgan fingerprint density at radius 2 is 1.68 bits per heavy atom. The van der Waals surface area contributed by atoms with Crippen molar-refractivity contribution < 1.29 is 4.74 Å². The van der Waals surface area contributed by atoms with Crippen LogP contribution in [0.4, 0.5) is 0 Å². The Morgan fingerprint density at radius 3 is 2.32 bits per heavy atom. The predicted molar refractivity (Wildman–Crippen MR) is 91.6 cm³/mol. The third kappa shape index (κ3) is 3.38. The maximum absolute atomic E-state index is 5.80. The second kappa shape index (κ2) is 5.96. The topological polar surface area (TPSA) is 21.6 Å². The molecule has 2 nitrogen and oxygen atoms in total. The molecular weight excluding hydrogens is 270 g/mol. The molecule has 3 rings (SSSR count). The van der Waals surface area contributed by atoms with Crippen molar-refractivity contribution in [3.05, 3.63) is 71.3 Å². The molecule has 0 spiro atoms. The largest absolute Gasteiger partial charge is 0.475 e. The van der Waals surface area contributed by atoms with Gasteiger partial charge in [0, 0.05) is 5.56 Å². The molecular formula is C20H23NO. The van der Waals surface area contributed by atoms with Crippen molar-refractivity contribution in [2.75, 3.05) is 6.61 Å². The fourth-order valence-corrected chi connectivity index (χ4v) is 2.68. The molecule has 2 aromatic rings. The molecule has 0 bridgehead atoms. The van der Waals surface area contributed by atoms with E-state index in [2.05, 4.69) is 69.3 Å². The number of aliphatic imine (C=N–C) groups is 1. The maximum atomic E-state index is 5.80. The van der Waals surface area contributed by atoms with Gasteiger partial charge in [0.1, 0.15) is 6.61 Å². The third-order valence-corrected chi connectivity index (χ3v) is 4.02. The average molecular weight is 293 g/mol. The normalized spacial score (nSPS) is 18.0. The number of benzene rings is 2. The first-order valence-corrected chi connectivity index (χ1v) is 7.88. The highest BCUT2D eigenvalue weighted by Crippen LogP contribution is 2.23. The van der Waals surface area contributed by atoms with Gasteiger partial charge in [0.15, 0.2) is 0 Å². The molecule has 1 aliphatic heterocycles. The number of rotatable bonds is 3. The summed E-state index contributed by atoms with van der Waals surface area (Å²) in [4.78, 5) is 4.74. The van der Waals surface area contributed by atoms with Crippen molar-refractivity contribution in [2.24, 2.45) is 4.99 Å². The van der Waals surface area contributed by atoms with E-state index in [1.807, 2.05) is 6.07 Å². The number of nitrogens with zero attached hydrogens (tertiary/aromatic N) is 1. The molecule has 0 saturated heterocycles. The van der Waals surface area contributed by atoms with Gasteiger partial charge in [0.2, 0.25) is 5.90 Å². The van der Waals surface area contributed by atoms with Crippen LogP contribution in [0, 0.1) is 0 Å². The van der Waals surface area contributed by atoms with E-state index in [1.165, 1.54) is 11.1 Å². The Hall–Kier alpha value is -2.09. The van der Waals surface area contributed by atoms with Gasteiger partial charge in [0.05, 0.1) is 6.04 Å². The summed E-state index contributed by atoms with van der Waals surface area (Å²) in [6, 6.07) is 19.3. The molecule has 0 saturated carbocycles. The predicted octanol–water partition coefficient (Wildman–Crippen LogP) is 4.37. The fourth-order valence-electron chi connectivity index (χ4n) is 2.68. The summed E-state index contributed by atoms with van der Waals surface area (Å²) in [5.41, 5.74) is 3.88. The first-order valence-electron chi connectivity index (χ1n) is 7.88. The van der Waals surface area contributed by atoms with Crippen LogP contribution in [-0.4, -0.2) is 18.5 Å². The van der Waals surface area contributed by atoms with Crippen molar-refractivity contribution in [2.45, 2.75) is 38.6 Å². The van der Waals surface area contributed by atoms with Gasteiger partial charge in [-0.3, -0.25) is 0 Å². The van der Waals surface area contributed by atoms with E-state index in [9.17, 15) is 0 Å². The van der Waals surface area contributed by atoms with Crippen LogP contribution in [0.2, 0.25) is 0 Å². The lowest BCUT2D eigenvalue weighted by Crippen LogP contribution is -2.11. The first-order chi connectivity index (χ1) is 10.5. The van der Waals surface area contributed by atoms with Gasteiger partial charge >= 0.3 is 0 Å². The molecule has 0 amide bonds. The highest BCUT2D eigenvalue weighted by Gasteiger charge is 2.21. The van der Waals surface area contributed by atoms with Gasteiger partial charge < -0.3 is 4.74 Å². The van der Waals surface area contributed by atoms with E-state index >= 15 is 0 Å². The molecule has 1 heterocycles. The zero-order valence-corrected chi connectivity index (χ0v) is 13.5. The molecule has 0 aromatic heterocycles.